The largest absolute Gasteiger partial charge is 0.383 e. The number of rotatable bonds is 6. The van der Waals surface area contributed by atoms with E-state index in [0.717, 1.165) is 10.6 Å². The predicted octanol–water partition coefficient (Wildman–Crippen LogP) is 2.46. The van der Waals surface area contributed by atoms with E-state index in [1.54, 1.807) is 11.8 Å². The van der Waals surface area contributed by atoms with Crippen molar-refractivity contribution in [3.63, 3.8) is 0 Å². The molecule has 1 unspecified atom stereocenters. The minimum absolute atomic E-state index is 0.616. The quantitative estimate of drug-likeness (QED) is 0.805. The van der Waals surface area contributed by atoms with Crippen LogP contribution in [0.3, 0.4) is 0 Å². The fraction of sp³-hybridized carbons (Fsp3) is 0.417. The van der Waals surface area contributed by atoms with Crippen LogP contribution in [0.1, 0.15) is 12.5 Å². The van der Waals surface area contributed by atoms with E-state index in [1.807, 2.05) is 31.4 Å². The maximum atomic E-state index is 11.3. The van der Waals surface area contributed by atoms with Crippen LogP contribution in [0.2, 0.25) is 0 Å². The number of nitrogens with zero attached hydrogens (tertiary/aromatic N) is 1. The van der Waals surface area contributed by atoms with Crippen LogP contribution in [0, 0.1) is 11.3 Å². The van der Waals surface area contributed by atoms with Gasteiger partial charge in [-0.05, 0) is 18.4 Å². The van der Waals surface area contributed by atoms with Crippen molar-refractivity contribution in [2.45, 2.75) is 11.8 Å². The Labute approximate surface area is 109 Å². The lowest BCUT2D eigenvalue weighted by Gasteiger charge is -2.09. The molecule has 0 aliphatic carbocycles. The lowest BCUT2D eigenvalue weighted by molar-refractivity contribution is 0.684. The molecule has 1 aromatic rings. The van der Waals surface area contributed by atoms with Gasteiger partial charge in [-0.2, -0.15) is 5.26 Å². The van der Waals surface area contributed by atoms with Crippen molar-refractivity contribution in [2.75, 3.05) is 29.6 Å². The van der Waals surface area contributed by atoms with Crippen molar-refractivity contribution in [3.05, 3.63) is 23.8 Å². The maximum absolute atomic E-state index is 11.3. The van der Waals surface area contributed by atoms with Gasteiger partial charge in [-0.3, -0.25) is 4.21 Å². The van der Waals surface area contributed by atoms with Crippen LogP contribution in [0.25, 0.3) is 0 Å². The van der Waals surface area contributed by atoms with Gasteiger partial charge in [-0.15, -0.1) is 11.8 Å². The molecular weight excluding hydrogens is 252 g/mol. The summed E-state index contributed by atoms with van der Waals surface area (Å²) in [5.41, 5.74) is 1.50. The highest BCUT2D eigenvalue weighted by Crippen LogP contribution is 2.25. The zero-order valence-corrected chi connectivity index (χ0v) is 11.7. The molecular formula is C12H16N2OS2. The lowest BCUT2D eigenvalue weighted by atomic mass is 10.2. The topological polar surface area (TPSA) is 52.9 Å². The highest BCUT2D eigenvalue weighted by Gasteiger charge is 2.06. The second-order valence-electron chi connectivity index (χ2n) is 3.35. The first-order valence-corrected chi connectivity index (χ1v) is 8.10. The Morgan fingerprint density at radius 3 is 2.88 bits per heavy atom. The molecule has 92 valence electrons. The molecule has 0 heterocycles. The molecule has 17 heavy (non-hydrogen) atoms. The summed E-state index contributed by atoms with van der Waals surface area (Å²) in [5.74, 6) is 1.29. The number of benzene rings is 1. The van der Waals surface area contributed by atoms with E-state index in [1.165, 1.54) is 0 Å². The molecule has 1 N–H and O–H groups in total. The van der Waals surface area contributed by atoms with Gasteiger partial charge in [0.15, 0.2) is 0 Å². The average molecular weight is 268 g/mol. The number of thioether (sulfide) groups is 1. The van der Waals surface area contributed by atoms with E-state index in [4.69, 9.17) is 5.26 Å². The first kappa shape index (κ1) is 14.1. The number of anilines is 1. The monoisotopic (exact) mass is 268 g/mol. The number of hydrogen-bond donors (Lipinski definition) is 1. The minimum atomic E-state index is -0.767. The number of hydrogen-bond acceptors (Lipinski definition) is 4. The second kappa shape index (κ2) is 7.36. The van der Waals surface area contributed by atoms with Crippen LogP contribution in [-0.4, -0.2) is 28.5 Å². The van der Waals surface area contributed by atoms with E-state index >= 15 is 0 Å². The lowest BCUT2D eigenvalue weighted by Crippen LogP contribution is -2.12. The first-order valence-electron chi connectivity index (χ1n) is 5.38. The minimum Gasteiger partial charge on any atom is -0.383 e. The van der Waals surface area contributed by atoms with E-state index in [-0.39, 0.29) is 0 Å². The Hall–Kier alpha value is -0.990. The Morgan fingerprint density at radius 2 is 2.29 bits per heavy atom. The van der Waals surface area contributed by atoms with Crippen molar-refractivity contribution >= 4 is 28.2 Å². The summed E-state index contributed by atoms with van der Waals surface area (Å²) in [6, 6.07) is 7.94. The number of nitrogens with one attached hydrogen (secondary N) is 1. The van der Waals surface area contributed by atoms with Gasteiger partial charge >= 0.3 is 0 Å². The van der Waals surface area contributed by atoms with Gasteiger partial charge in [0, 0.05) is 33.7 Å². The summed E-state index contributed by atoms with van der Waals surface area (Å²) >= 11 is 1.56. The van der Waals surface area contributed by atoms with Gasteiger partial charge in [-0.25, -0.2) is 0 Å². The Kier molecular flexibility index (Phi) is 6.09. The molecule has 1 aromatic carbocycles. The highest BCUT2D eigenvalue weighted by atomic mass is 32.2. The van der Waals surface area contributed by atoms with Crippen molar-refractivity contribution in [3.8, 4) is 6.07 Å². The van der Waals surface area contributed by atoms with Gasteiger partial charge in [0.2, 0.25) is 0 Å². The summed E-state index contributed by atoms with van der Waals surface area (Å²) in [4.78, 5) is 0.967. The van der Waals surface area contributed by atoms with Gasteiger partial charge in [0.25, 0.3) is 0 Å². The van der Waals surface area contributed by atoms with Crippen molar-refractivity contribution in [2.24, 2.45) is 0 Å². The third-order valence-electron chi connectivity index (χ3n) is 2.33. The SMILES string of the molecule is CCS(=O)CCNc1cccc(SC)c1C#N. The third-order valence-corrected chi connectivity index (χ3v) is 4.41. The number of nitriles is 1. The van der Waals surface area contributed by atoms with Crippen LogP contribution in [0.4, 0.5) is 5.69 Å². The smallest absolute Gasteiger partial charge is 0.102 e. The molecule has 0 saturated carbocycles. The molecule has 0 aliphatic rings. The molecule has 0 amide bonds. The van der Waals surface area contributed by atoms with Gasteiger partial charge in [0.1, 0.15) is 6.07 Å². The van der Waals surface area contributed by atoms with Gasteiger partial charge in [0.05, 0.1) is 11.3 Å². The van der Waals surface area contributed by atoms with Crippen LogP contribution in [0.5, 0.6) is 0 Å². The third kappa shape index (κ3) is 4.06. The van der Waals surface area contributed by atoms with Crippen LogP contribution >= 0.6 is 11.8 Å². The first-order chi connectivity index (χ1) is 8.22. The fourth-order valence-electron chi connectivity index (χ4n) is 1.41. The zero-order chi connectivity index (χ0) is 12.7. The van der Waals surface area contributed by atoms with Crippen molar-refractivity contribution in [1.82, 2.24) is 0 Å². The summed E-state index contributed by atoms with van der Waals surface area (Å²) in [7, 11) is -0.767. The van der Waals surface area contributed by atoms with Crippen LogP contribution in [0.15, 0.2) is 23.1 Å². The Balaban J connectivity index is 2.71. The van der Waals surface area contributed by atoms with Gasteiger partial charge in [-0.1, -0.05) is 13.0 Å². The summed E-state index contributed by atoms with van der Waals surface area (Å²) in [5, 5.41) is 12.3. The second-order valence-corrected chi connectivity index (χ2v) is 6.07. The predicted molar refractivity (Wildman–Crippen MR) is 75.0 cm³/mol. The standard InChI is InChI=1S/C12H16N2OS2/c1-3-17(15)8-7-14-11-5-4-6-12(16-2)10(11)9-13/h4-6,14H,3,7-8H2,1-2H3. The fourth-order valence-corrected chi connectivity index (χ4v) is 2.60. The molecule has 0 radical (unpaired) electrons. The summed E-state index contributed by atoms with van der Waals surface area (Å²) < 4.78 is 11.3. The summed E-state index contributed by atoms with van der Waals surface area (Å²) in [6.45, 7) is 2.54. The highest BCUT2D eigenvalue weighted by molar-refractivity contribution is 7.98. The van der Waals surface area contributed by atoms with Crippen molar-refractivity contribution in [1.29, 1.82) is 5.26 Å². The molecule has 0 aliphatic heterocycles. The summed E-state index contributed by atoms with van der Waals surface area (Å²) in [6.07, 6.45) is 1.95. The molecule has 0 aromatic heterocycles. The molecule has 0 saturated heterocycles. The van der Waals surface area contributed by atoms with Gasteiger partial charge < -0.3 is 5.32 Å². The van der Waals surface area contributed by atoms with Crippen molar-refractivity contribution < 1.29 is 4.21 Å². The van der Waals surface area contributed by atoms with E-state index < -0.39 is 10.8 Å². The van der Waals surface area contributed by atoms with E-state index in [0.29, 0.717) is 23.6 Å². The molecule has 0 fully saturated rings. The molecule has 1 atom stereocenters. The molecule has 1 rings (SSSR count). The van der Waals surface area contributed by atoms with E-state index in [9.17, 15) is 4.21 Å². The molecule has 0 bridgehead atoms. The van der Waals surface area contributed by atoms with E-state index in [2.05, 4.69) is 11.4 Å². The van der Waals surface area contributed by atoms with Crippen LogP contribution < -0.4 is 5.32 Å². The maximum Gasteiger partial charge on any atom is 0.102 e. The Bertz CT molecular complexity index is 441. The molecule has 3 nitrogen and oxygen atoms in total. The van der Waals surface area contributed by atoms with Crippen LogP contribution in [-0.2, 0) is 10.8 Å². The zero-order valence-electron chi connectivity index (χ0n) is 10.0. The molecule has 5 heteroatoms. The Morgan fingerprint density at radius 1 is 1.53 bits per heavy atom. The normalized spacial score (nSPS) is 11.8. The average Bonchev–Trinajstić information content (AvgIpc) is 2.37. The molecule has 0 spiro atoms.